The topological polar surface area (TPSA) is 80.0 Å². The molecule has 1 amide bonds. The smallest absolute Gasteiger partial charge is 0.272 e. The summed E-state index contributed by atoms with van der Waals surface area (Å²) in [4.78, 5) is 17.2. The molecular formula is C18H22N4O2. The second-order valence-corrected chi connectivity index (χ2v) is 7.57. The first kappa shape index (κ1) is 15.3. The highest BCUT2D eigenvalue weighted by Gasteiger charge is 2.50. The van der Waals surface area contributed by atoms with Crippen LogP contribution < -0.4 is 5.32 Å². The van der Waals surface area contributed by atoms with Crippen LogP contribution in [0.3, 0.4) is 0 Å². The zero-order valence-electron chi connectivity index (χ0n) is 14.2. The lowest BCUT2D eigenvalue weighted by atomic mass is 10.1. The second kappa shape index (κ2) is 5.14. The summed E-state index contributed by atoms with van der Waals surface area (Å²) in [5.41, 5.74) is 3.04. The van der Waals surface area contributed by atoms with E-state index in [9.17, 15) is 9.90 Å². The maximum Gasteiger partial charge on any atom is 0.272 e. The van der Waals surface area contributed by atoms with Crippen molar-refractivity contribution in [3.05, 3.63) is 40.8 Å². The first-order valence-corrected chi connectivity index (χ1v) is 8.38. The number of aryl methyl sites for hydroxylation is 1. The van der Waals surface area contributed by atoms with E-state index >= 15 is 0 Å². The molecule has 0 aromatic carbocycles. The second-order valence-electron chi connectivity index (χ2n) is 7.57. The van der Waals surface area contributed by atoms with Crippen molar-refractivity contribution in [3.8, 4) is 5.82 Å². The number of fused-ring (bicyclic) bond motifs is 3. The van der Waals surface area contributed by atoms with Gasteiger partial charge in [0.05, 0.1) is 17.8 Å². The van der Waals surface area contributed by atoms with Crippen LogP contribution in [0.15, 0.2) is 18.3 Å². The van der Waals surface area contributed by atoms with Crippen LogP contribution in [0.5, 0.6) is 0 Å². The van der Waals surface area contributed by atoms with Crippen LogP contribution in [-0.2, 0) is 6.42 Å². The van der Waals surface area contributed by atoms with Crippen molar-refractivity contribution in [2.24, 2.45) is 5.92 Å². The average molecular weight is 326 g/mol. The Morgan fingerprint density at radius 2 is 2.29 bits per heavy atom. The molecular weight excluding hydrogens is 304 g/mol. The summed E-state index contributed by atoms with van der Waals surface area (Å²) in [6, 6.07) is 3.91. The fourth-order valence-corrected chi connectivity index (χ4v) is 3.56. The first-order valence-electron chi connectivity index (χ1n) is 8.38. The van der Waals surface area contributed by atoms with Crippen LogP contribution in [0.2, 0.25) is 0 Å². The standard InChI is InChI=1S/C18H22N4O2/c1-10-5-4-6-19-16(10)22-15-12-7-11(12)8-13(15)14(21-22)17(24)20-18(2,3)9-23/h4-6,11-12,23H,7-9H2,1-3H3,(H,20,24)/t11-,12-/m1/s1. The van der Waals surface area contributed by atoms with Crippen LogP contribution in [0, 0.1) is 12.8 Å². The van der Waals surface area contributed by atoms with Gasteiger partial charge in [0, 0.05) is 17.7 Å². The highest BCUT2D eigenvalue weighted by molar-refractivity contribution is 5.95. The molecule has 6 heteroatoms. The van der Waals surface area contributed by atoms with E-state index in [1.165, 1.54) is 6.42 Å². The highest BCUT2D eigenvalue weighted by Crippen LogP contribution is 2.57. The molecule has 24 heavy (non-hydrogen) atoms. The third-order valence-electron chi connectivity index (χ3n) is 5.01. The molecule has 2 aliphatic carbocycles. The van der Waals surface area contributed by atoms with E-state index in [0.717, 1.165) is 29.1 Å². The third kappa shape index (κ3) is 2.33. The Labute approximate surface area is 140 Å². The normalized spacial score (nSPS) is 21.3. The molecule has 0 saturated heterocycles. The third-order valence-corrected chi connectivity index (χ3v) is 5.01. The molecule has 2 N–H and O–H groups in total. The van der Waals surface area contributed by atoms with Gasteiger partial charge < -0.3 is 10.4 Å². The molecule has 1 fully saturated rings. The lowest BCUT2D eigenvalue weighted by molar-refractivity contribution is 0.0863. The summed E-state index contributed by atoms with van der Waals surface area (Å²) < 4.78 is 1.86. The van der Waals surface area contributed by atoms with Gasteiger partial charge >= 0.3 is 0 Å². The largest absolute Gasteiger partial charge is 0.394 e. The number of aliphatic hydroxyl groups is 1. The SMILES string of the molecule is Cc1cccnc1-n1nc(C(=O)NC(C)(C)CO)c2c1[C@@H]1C[C@@H]1C2. The number of nitrogens with zero attached hydrogens (tertiary/aromatic N) is 3. The zero-order chi connectivity index (χ0) is 17.1. The molecule has 2 atom stereocenters. The number of carbonyl (C=O) groups excluding carboxylic acids is 1. The predicted octanol–water partition coefficient (Wildman–Crippen LogP) is 1.74. The van der Waals surface area contributed by atoms with E-state index in [2.05, 4.69) is 15.4 Å². The van der Waals surface area contributed by atoms with Crippen LogP contribution in [0.4, 0.5) is 0 Å². The van der Waals surface area contributed by atoms with Gasteiger partial charge in [-0.05, 0) is 51.2 Å². The number of amides is 1. The lowest BCUT2D eigenvalue weighted by Crippen LogP contribution is -2.46. The predicted molar refractivity (Wildman–Crippen MR) is 89.3 cm³/mol. The molecule has 0 spiro atoms. The van der Waals surface area contributed by atoms with Crippen molar-refractivity contribution in [1.29, 1.82) is 0 Å². The molecule has 2 heterocycles. The van der Waals surface area contributed by atoms with Gasteiger partial charge in [0.2, 0.25) is 0 Å². The van der Waals surface area contributed by atoms with Crippen molar-refractivity contribution >= 4 is 5.91 Å². The summed E-state index contributed by atoms with van der Waals surface area (Å²) >= 11 is 0. The molecule has 2 aliphatic rings. The van der Waals surface area contributed by atoms with E-state index in [1.54, 1.807) is 20.0 Å². The molecule has 2 aromatic heterocycles. The molecule has 0 radical (unpaired) electrons. The van der Waals surface area contributed by atoms with Crippen LogP contribution in [-0.4, -0.2) is 37.9 Å². The number of hydrogen-bond acceptors (Lipinski definition) is 4. The van der Waals surface area contributed by atoms with E-state index in [-0.39, 0.29) is 12.5 Å². The summed E-state index contributed by atoms with van der Waals surface area (Å²) in [6.45, 7) is 5.47. The molecule has 4 rings (SSSR count). The molecule has 0 bridgehead atoms. The number of nitrogens with one attached hydrogen (secondary N) is 1. The van der Waals surface area contributed by atoms with Crippen molar-refractivity contribution in [2.45, 2.75) is 45.1 Å². The number of pyridine rings is 1. The molecule has 0 aliphatic heterocycles. The van der Waals surface area contributed by atoms with Gasteiger partial charge in [0.15, 0.2) is 11.5 Å². The van der Waals surface area contributed by atoms with E-state index in [4.69, 9.17) is 0 Å². The average Bonchev–Trinajstić information content (AvgIpc) is 3.04. The summed E-state index contributed by atoms with van der Waals surface area (Å²) in [5, 5.41) is 16.9. The Kier molecular flexibility index (Phi) is 3.28. The van der Waals surface area contributed by atoms with Crippen molar-refractivity contribution < 1.29 is 9.90 Å². The Balaban J connectivity index is 1.78. The number of carbonyl (C=O) groups is 1. The van der Waals surface area contributed by atoms with Gasteiger partial charge in [-0.2, -0.15) is 5.10 Å². The van der Waals surface area contributed by atoms with Gasteiger partial charge in [-0.25, -0.2) is 9.67 Å². The van der Waals surface area contributed by atoms with E-state index in [0.29, 0.717) is 17.5 Å². The Morgan fingerprint density at radius 3 is 3.00 bits per heavy atom. The maximum atomic E-state index is 12.7. The van der Waals surface area contributed by atoms with Crippen molar-refractivity contribution in [1.82, 2.24) is 20.1 Å². The molecule has 0 unspecified atom stereocenters. The van der Waals surface area contributed by atoms with Crippen LogP contribution in [0.25, 0.3) is 5.82 Å². The fourth-order valence-electron chi connectivity index (χ4n) is 3.56. The fraction of sp³-hybridized carbons (Fsp3) is 0.500. The van der Waals surface area contributed by atoms with Gasteiger partial charge in [-0.15, -0.1) is 0 Å². The lowest BCUT2D eigenvalue weighted by Gasteiger charge is -2.23. The molecule has 2 aromatic rings. The maximum absolute atomic E-state index is 12.7. The minimum atomic E-state index is -0.670. The molecule has 1 saturated carbocycles. The number of aromatic nitrogens is 3. The monoisotopic (exact) mass is 326 g/mol. The molecule has 6 nitrogen and oxygen atoms in total. The number of hydrogen-bond donors (Lipinski definition) is 2. The van der Waals surface area contributed by atoms with Crippen molar-refractivity contribution in [3.63, 3.8) is 0 Å². The van der Waals surface area contributed by atoms with Crippen LogP contribution >= 0.6 is 0 Å². The first-order chi connectivity index (χ1) is 11.4. The van der Waals surface area contributed by atoms with Gasteiger partial charge in [0.1, 0.15) is 0 Å². The minimum Gasteiger partial charge on any atom is -0.394 e. The van der Waals surface area contributed by atoms with E-state index in [1.807, 2.05) is 23.7 Å². The highest BCUT2D eigenvalue weighted by atomic mass is 16.3. The van der Waals surface area contributed by atoms with Gasteiger partial charge in [0.25, 0.3) is 5.91 Å². The summed E-state index contributed by atoms with van der Waals surface area (Å²) in [7, 11) is 0. The number of rotatable bonds is 4. The van der Waals surface area contributed by atoms with Crippen LogP contribution in [0.1, 0.15) is 53.5 Å². The summed E-state index contributed by atoms with van der Waals surface area (Å²) in [5.74, 6) is 1.72. The van der Waals surface area contributed by atoms with Gasteiger partial charge in [-0.3, -0.25) is 4.79 Å². The quantitative estimate of drug-likeness (QED) is 0.897. The summed E-state index contributed by atoms with van der Waals surface area (Å²) in [6.07, 6.45) is 3.84. The number of aliphatic hydroxyl groups excluding tert-OH is 1. The van der Waals surface area contributed by atoms with E-state index < -0.39 is 5.54 Å². The minimum absolute atomic E-state index is 0.119. The van der Waals surface area contributed by atoms with Crippen molar-refractivity contribution in [2.75, 3.05) is 6.61 Å². The van der Waals surface area contributed by atoms with Gasteiger partial charge in [-0.1, -0.05) is 6.07 Å². The Bertz CT molecular complexity index is 824. The zero-order valence-corrected chi connectivity index (χ0v) is 14.2. The Morgan fingerprint density at radius 1 is 1.50 bits per heavy atom. The molecule has 126 valence electrons. The Hall–Kier alpha value is -2.21.